The largest absolute Gasteiger partial charge is 0.337 e. The molecule has 2 aliphatic rings. The molecule has 6 heteroatoms. The van der Waals surface area contributed by atoms with Gasteiger partial charge in [0.1, 0.15) is 0 Å². The summed E-state index contributed by atoms with van der Waals surface area (Å²) < 4.78 is 5.13. The van der Waals surface area contributed by atoms with E-state index in [-0.39, 0.29) is 12.6 Å². The number of carbonyl (C=O) groups is 1. The molecule has 120 valence electrons. The highest BCUT2D eigenvalue weighted by Gasteiger charge is 2.28. The van der Waals surface area contributed by atoms with E-state index in [9.17, 15) is 4.79 Å². The standard InChI is InChI=1S/C17H20N4O2/c22-17(19-10-15-20-16(21-23-15)13-6-7-13)18-9-11-4-5-12-2-1-3-14(12)8-11/h4-5,8,13H,1-3,6-7,9-10H2,(H2,18,19,22). The average Bonchev–Trinajstić information content (AvgIpc) is 3.12. The summed E-state index contributed by atoms with van der Waals surface area (Å²) in [6.07, 6.45) is 5.83. The Kier molecular flexibility index (Phi) is 3.73. The molecule has 0 saturated heterocycles. The minimum absolute atomic E-state index is 0.225. The minimum Gasteiger partial charge on any atom is -0.337 e. The molecule has 4 rings (SSSR count). The lowest BCUT2D eigenvalue weighted by Crippen LogP contribution is -2.34. The molecule has 1 heterocycles. The van der Waals surface area contributed by atoms with Gasteiger partial charge >= 0.3 is 6.03 Å². The van der Waals surface area contributed by atoms with Crippen LogP contribution in [0.5, 0.6) is 0 Å². The van der Waals surface area contributed by atoms with E-state index in [0.717, 1.165) is 30.7 Å². The van der Waals surface area contributed by atoms with Gasteiger partial charge in [-0.05, 0) is 48.8 Å². The van der Waals surface area contributed by atoms with E-state index in [4.69, 9.17) is 4.52 Å². The van der Waals surface area contributed by atoms with Gasteiger partial charge < -0.3 is 15.2 Å². The van der Waals surface area contributed by atoms with Crippen molar-refractivity contribution >= 4 is 6.03 Å². The Hall–Kier alpha value is -2.37. The summed E-state index contributed by atoms with van der Waals surface area (Å²) in [5.74, 6) is 1.68. The number of hydrogen-bond donors (Lipinski definition) is 2. The highest BCUT2D eigenvalue weighted by atomic mass is 16.5. The summed E-state index contributed by atoms with van der Waals surface area (Å²) in [7, 11) is 0. The summed E-state index contributed by atoms with van der Waals surface area (Å²) in [5.41, 5.74) is 4.00. The zero-order valence-corrected chi connectivity index (χ0v) is 13.0. The van der Waals surface area contributed by atoms with Gasteiger partial charge in [-0.3, -0.25) is 0 Å². The van der Waals surface area contributed by atoms with Gasteiger partial charge in [0.15, 0.2) is 5.82 Å². The van der Waals surface area contributed by atoms with Gasteiger partial charge in [-0.25, -0.2) is 4.79 Å². The molecule has 0 aliphatic heterocycles. The van der Waals surface area contributed by atoms with E-state index < -0.39 is 0 Å². The molecule has 6 nitrogen and oxygen atoms in total. The van der Waals surface area contributed by atoms with Crippen molar-refractivity contribution in [1.29, 1.82) is 0 Å². The van der Waals surface area contributed by atoms with Crippen LogP contribution < -0.4 is 10.6 Å². The third-order valence-electron chi connectivity index (χ3n) is 4.44. The molecule has 0 radical (unpaired) electrons. The van der Waals surface area contributed by atoms with Gasteiger partial charge in [0.05, 0.1) is 6.54 Å². The van der Waals surface area contributed by atoms with E-state index in [1.165, 1.54) is 24.0 Å². The number of carbonyl (C=O) groups excluding carboxylic acids is 1. The molecule has 23 heavy (non-hydrogen) atoms. The summed E-state index contributed by atoms with van der Waals surface area (Å²) in [6, 6.07) is 6.23. The fourth-order valence-electron chi connectivity index (χ4n) is 2.98. The maximum atomic E-state index is 11.9. The third-order valence-corrected chi connectivity index (χ3v) is 4.44. The van der Waals surface area contributed by atoms with Crippen molar-refractivity contribution in [2.45, 2.75) is 51.1 Å². The van der Waals surface area contributed by atoms with Gasteiger partial charge in [-0.2, -0.15) is 4.98 Å². The van der Waals surface area contributed by atoms with Crippen LogP contribution in [0.4, 0.5) is 4.79 Å². The highest BCUT2D eigenvalue weighted by molar-refractivity contribution is 5.73. The van der Waals surface area contributed by atoms with Crippen LogP contribution in [0.15, 0.2) is 22.7 Å². The predicted molar refractivity (Wildman–Crippen MR) is 83.8 cm³/mol. The van der Waals surface area contributed by atoms with Crippen molar-refractivity contribution < 1.29 is 9.32 Å². The van der Waals surface area contributed by atoms with Crippen LogP contribution in [0.25, 0.3) is 0 Å². The Labute approximate surface area is 134 Å². The molecule has 2 aliphatic carbocycles. The van der Waals surface area contributed by atoms with Crippen LogP contribution in [-0.4, -0.2) is 16.2 Å². The maximum Gasteiger partial charge on any atom is 0.315 e. The average molecular weight is 312 g/mol. The maximum absolute atomic E-state index is 11.9. The number of fused-ring (bicyclic) bond motifs is 1. The van der Waals surface area contributed by atoms with Crippen LogP contribution in [0.3, 0.4) is 0 Å². The number of hydrogen-bond acceptors (Lipinski definition) is 4. The van der Waals surface area contributed by atoms with Crippen molar-refractivity contribution in [2.24, 2.45) is 0 Å². The van der Waals surface area contributed by atoms with Crippen LogP contribution in [0.2, 0.25) is 0 Å². The molecule has 0 unspecified atom stereocenters. The molecule has 1 fully saturated rings. The number of nitrogens with one attached hydrogen (secondary N) is 2. The van der Waals surface area contributed by atoms with E-state index in [0.29, 0.717) is 18.4 Å². The van der Waals surface area contributed by atoms with Crippen molar-refractivity contribution in [3.8, 4) is 0 Å². The minimum atomic E-state index is -0.225. The molecule has 2 N–H and O–H groups in total. The van der Waals surface area contributed by atoms with E-state index in [1.54, 1.807) is 0 Å². The number of aryl methyl sites for hydroxylation is 2. The van der Waals surface area contributed by atoms with Gasteiger partial charge in [0, 0.05) is 12.5 Å². The molecule has 1 saturated carbocycles. The number of aromatic nitrogens is 2. The van der Waals surface area contributed by atoms with E-state index in [2.05, 4.69) is 39.0 Å². The Balaban J connectivity index is 1.25. The quantitative estimate of drug-likeness (QED) is 0.888. The van der Waals surface area contributed by atoms with Gasteiger partial charge in [-0.15, -0.1) is 0 Å². The molecule has 0 bridgehead atoms. The lowest BCUT2D eigenvalue weighted by molar-refractivity contribution is 0.238. The fourth-order valence-corrected chi connectivity index (χ4v) is 2.98. The third kappa shape index (κ3) is 3.36. The zero-order chi connectivity index (χ0) is 15.6. The van der Waals surface area contributed by atoms with Crippen molar-refractivity contribution in [3.63, 3.8) is 0 Å². The van der Waals surface area contributed by atoms with Crippen LogP contribution in [0, 0.1) is 0 Å². The van der Waals surface area contributed by atoms with Crippen molar-refractivity contribution in [1.82, 2.24) is 20.8 Å². The van der Waals surface area contributed by atoms with E-state index in [1.807, 2.05) is 0 Å². The topological polar surface area (TPSA) is 80.0 Å². The van der Waals surface area contributed by atoms with Gasteiger partial charge in [0.25, 0.3) is 0 Å². The first kappa shape index (κ1) is 14.2. The number of nitrogens with zero attached hydrogens (tertiary/aromatic N) is 2. The smallest absolute Gasteiger partial charge is 0.315 e. The molecule has 2 amide bonds. The SMILES string of the molecule is O=C(NCc1ccc2c(c1)CCC2)NCc1nc(C2CC2)no1. The first-order chi connectivity index (χ1) is 11.3. The summed E-state index contributed by atoms with van der Waals surface area (Å²) >= 11 is 0. The Morgan fingerprint density at radius 3 is 2.87 bits per heavy atom. The molecule has 0 spiro atoms. The number of benzene rings is 1. The first-order valence-electron chi connectivity index (χ1n) is 8.23. The zero-order valence-electron chi connectivity index (χ0n) is 13.0. The number of urea groups is 1. The summed E-state index contributed by atoms with van der Waals surface area (Å²) in [5, 5.41) is 9.54. The lowest BCUT2D eigenvalue weighted by Gasteiger charge is -2.07. The molecule has 2 aromatic rings. The highest BCUT2D eigenvalue weighted by Crippen LogP contribution is 2.38. The molecular weight excluding hydrogens is 292 g/mol. The normalized spacial score (nSPS) is 16.2. The predicted octanol–water partition coefficient (Wildman–Crippen LogP) is 2.44. The number of amides is 2. The molecule has 1 aromatic heterocycles. The van der Waals surface area contributed by atoms with Crippen molar-refractivity contribution in [3.05, 3.63) is 46.6 Å². The first-order valence-corrected chi connectivity index (χ1v) is 8.23. The van der Waals surface area contributed by atoms with Crippen LogP contribution in [0.1, 0.15) is 53.6 Å². The molecule has 0 atom stereocenters. The summed E-state index contributed by atoms with van der Waals surface area (Å²) in [4.78, 5) is 16.1. The van der Waals surface area contributed by atoms with Gasteiger partial charge in [0.2, 0.25) is 5.89 Å². The second-order valence-corrected chi connectivity index (χ2v) is 6.31. The van der Waals surface area contributed by atoms with Crippen molar-refractivity contribution in [2.75, 3.05) is 0 Å². The Bertz CT molecular complexity index is 721. The van der Waals surface area contributed by atoms with E-state index >= 15 is 0 Å². The summed E-state index contributed by atoms with van der Waals surface area (Å²) in [6.45, 7) is 0.784. The Morgan fingerprint density at radius 1 is 1.17 bits per heavy atom. The second-order valence-electron chi connectivity index (χ2n) is 6.31. The monoisotopic (exact) mass is 312 g/mol. The van der Waals surface area contributed by atoms with Gasteiger partial charge in [-0.1, -0.05) is 23.4 Å². The molecule has 1 aromatic carbocycles. The number of rotatable bonds is 5. The van der Waals surface area contributed by atoms with Crippen LogP contribution >= 0.6 is 0 Å². The lowest BCUT2D eigenvalue weighted by atomic mass is 10.1. The second kappa shape index (κ2) is 6.02. The van der Waals surface area contributed by atoms with Crippen LogP contribution in [-0.2, 0) is 25.9 Å². The fraction of sp³-hybridized carbons (Fsp3) is 0.471. The molecular formula is C17H20N4O2. The Morgan fingerprint density at radius 2 is 2.00 bits per heavy atom.